The van der Waals surface area contributed by atoms with E-state index in [9.17, 15) is 4.79 Å². The molecule has 1 aromatic heterocycles. The van der Waals surface area contributed by atoms with E-state index >= 15 is 0 Å². The number of carbonyl (C=O) groups excluding carboxylic acids is 1. The van der Waals surface area contributed by atoms with Crippen LogP contribution in [0.4, 0.5) is 5.69 Å². The van der Waals surface area contributed by atoms with Gasteiger partial charge in [-0.15, -0.1) is 5.10 Å². The van der Waals surface area contributed by atoms with Crippen LogP contribution < -0.4 is 10.1 Å². The molecule has 0 unspecified atom stereocenters. The van der Waals surface area contributed by atoms with E-state index in [1.807, 2.05) is 18.2 Å². The van der Waals surface area contributed by atoms with Gasteiger partial charge in [0.2, 0.25) is 0 Å². The van der Waals surface area contributed by atoms with Gasteiger partial charge in [0.05, 0.1) is 18.5 Å². The Hall–Kier alpha value is -2.43. The molecule has 1 fully saturated rings. The van der Waals surface area contributed by atoms with E-state index in [1.165, 1.54) is 12.8 Å². The number of anilines is 1. The molecule has 1 N–H and O–H groups in total. The molecule has 1 aliphatic rings. The molecule has 0 bridgehead atoms. The topological polar surface area (TPSA) is 64.1 Å². The summed E-state index contributed by atoms with van der Waals surface area (Å²) >= 11 is 0. The summed E-state index contributed by atoms with van der Waals surface area (Å²) in [5, 5.41) is 10.9. The van der Waals surface area contributed by atoms with Gasteiger partial charge in [-0.05, 0) is 37.1 Å². The van der Waals surface area contributed by atoms with Crippen molar-refractivity contribution < 1.29 is 9.53 Å². The van der Waals surface area contributed by atoms with Crippen molar-refractivity contribution in [1.82, 2.24) is 10.2 Å². The lowest BCUT2D eigenvalue weighted by Crippen LogP contribution is -2.15. The van der Waals surface area contributed by atoms with Crippen molar-refractivity contribution in [3.8, 4) is 5.75 Å². The minimum Gasteiger partial charge on any atom is -0.495 e. The highest BCUT2D eigenvalue weighted by Gasteiger charge is 2.25. The van der Waals surface area contributed by atoms with Gasteiger partial charge in [0.25, 0.3) is 5.91 Å². The summed E-state index contributed by atoms with van der Waals surface area (Å²) in [4.78, 5) is 12.1. The van der Waals surface area contributed by atoms with Gasteiger partial charge < -0.3 is 10.1 Å². The Morgan fingerprint density at radius 1 is 1.20 bits per heavy atom. The molecule has 0 atom stereocenters. The predicted octanol–water partition coefficient (Wildman–Crippen LogP) is 2.61. The van der Waals surface area contributed by atoms with Gasteiger partial charge in [-0.3, -0.25) is 4.79 Å². The van der Waals surface area contributed by atoms with Crippen LogP contribution in [0.25, 0.3) is 0 Å². The average Bonchev–Trinajstić information content (AvgIpc) is 3.32. The highest BCUT2D eigenvalue weighted by molar-refractivity contribution is 6.03. The highest BCUT2D eigenvalue weighted by atomic mass is 16.5. The molecule has 0 radical (unpaired) electrons. The summed E-state index contributed by atoms with van der Waals surface area (Å²) in [6, 6.07) is 10.8. The molecule has 20 heavy (non-hydrogen) atoms. The number of aromatic nitrogens is 2. The van der Waals surface area contributed by atoms with Crippen LogP contribution in [0.5, 0.6) is 5.75 Å². The number of ether oxygens (including phenoxy) is 1. The lowest BCUT2D eigenvalue weighted by Gasteiger charge is -2.09. The normalized spacial score (nSPS) is 13.8. The number of carbonyl (C=O) groups is 1. The van der Waals surface area contributed by atoms with Gasteiger partial charge in [-0.1, -0.05) is 12.1 Å². The molecule has 0 aliphatic heterocycles. The first-order valence-corrected chi connectivity index (χ1v) is 6.56. The van der Waals surface area contributed by atoms with Crippen LogP contribution in [0.3, 0.4) is 0 Å². The first-order valence-electron chi connectivity index (χ1n) is 6.56. The third kappa shape index (κ3) is 2.61. The van der Waals surface area contributed by atoms with E-state index in [0.29, 0.717) is 23.0 Å². The molecule has 1 amide bonds. The molecule has 102 valence electrons. The van der Waals surface area contributed by atoms with E-state index in [1.54, 1.807) is 25.3 Å². The van der Waals surface area contributed by atoms with Crippen molar-refractivity contribution in [3.63, 3.8) is 0 Å². The molecule has 0 saturated heterocycles. The number of hydrogen-bond acceptors (Lipinski definition) is 4. The molecule has 1 saturated carbocycles. The van der Waals surface area contributed by atoms with E-state index in [4.69, 9.17) is 4.74 Å². The van der Waals surface area contributed by atoms with Gasteiger partial charge in [-0.25, -0.2) is 0 Å². The van der Waals surface area contributed by atoms with E-state index in [-0.39, 0.29) is 5.91 Å². The maximum absolute atomic E-state index is 12.1. The highest BCUT2D eigenvalue weighted by Crippen LogP contribution is 2.38. The van der Waals surface area contributed by atoms with Crippen LogP contribution >= 0.6 is 0 Å². The van der Waals surface area contributed by atoms with Crippen LogP contribution in [0, 0.1) is 0 Å². The first-order chi connectivity index (χ1) is 9.78. The number of amides is 1. The maximum atomic E-state index is 12.1. The Balaban J connectivity index is 1.75. The Morgan fingerprint density at radius 3 is 2.65 bits per heavy atom. The Bertz CT molecular complexity index is 621. The summed E-state index contributed by atoms with van der Waals surface area (Å²) in [7, 11) is 1.56. The molecule has 0 spiro atoms. The summed E-state index contributed by atoms with van der Waals surface area (Å²) < 4.78 is 5.19. The molecular formula is C15H15N3O2. The second-order valence-corrected chi connectivity index (χ2v) is 4.77. The minimum absolute atomic E-state index is 0.288. The van der Waals surface area contributed by atoms with Crippen molar-refractivity contribution in [2.24, 2.45) is 0 Å². The fraction of sp³-hybridized carbons (Fsp3) is 0.267. The molecule has 1 aromatic carbocycles. The van der Waals surface area contributed by atoms with E-state index < -0.39 is 0 Å². The molecule has 1 heterocycles. The number of hydrogen-bond donors (Lipinski definition) is 1. The number of benzene rings is 1. The van der Waals surface area contributed by atoms with Crippen molar-refractivity contribution in [2.75, 3.05) is 12.4 Å². The van der Waals surface area contributed by atoms with E-state index in [0.717, 1.165) is 5.69 Å². The SMILES string of the molecule is COc1ccccc1NC(=O)c1ccc(C2CC2)nn1. The Labute approximate surface area is 117 Å². The zero-order valence-corrected chi connectivity index (χ0v) is 11.2. The van der Waals surface area contributed by atoms with Gasteiger partial charge in [0.15, 0.2) is 5.69 Å². The minimum atomic E-state index is -0.288. The summed E-state index contributed by atoms with van der Waals surface area (Å²) in [6.45, 7) is 0. The fourth-order valence-electron chi connectivity index (χ4n) is 1.99. The second kappa shape index (κ2) is 5.28. The fourth-order valence-corrected chi connectivity index (χ4v) is 1.99. The number of para-hydroxylation sites is 2. The van der Waals surface area contributed by atoms with Gasteiger partial charge >= 0.3 is 0 Å². The van der Waals surface area contributed by atoms with Crippen molar-refractivity contribution in [1.29, 1.82) is 0 Å². The van der Waals surface area contributed by atoms with Gasteiger partial charge in [-0.2, -0.15) is 5.10 Å². The summed E-state index contributed by atoms with van der Waals surface area (Å²) in [5.74, 6) is 0.863. The quantitative estimate of drug-likeness (QED) is 0.926. The molecule has 3 rings (SSSR count). The summed E-state index contributed by atoms with van der Waals surface area (Å²) in [6.07, 6.45) is 2.34. The zero-order chi connectivity index (χ0) is 13.9. The summed E-state index contributed by atoms with van der Waals surface area (Å²) in [5.41, 5.74) is 1.90. The Kier molecular flexibility index (Phi) is 3.33. The standard InChI is InChI=1S/C15H15N3O2/c1-20-14-5-3-2-4-12(14)16-15(19)13-9-8-11(17-18-13)10-6-7-10/h2-5,8-10H,6-7H2,1H3,(H,16,19). The predicted molar refractivity (Wildman–Crippen MR) is 75.0 cm³/mol. The van der Waals surface area contributed by atoms with Crippen molar-refractivity contribution >= 4 is 11.6 Å². The maximum Gasteiger partial charge on any atom is 0.276 e. The second-order valence-electron chi connectivity index (χ2n) is 4.77. The molecular weight excluding hydrogens is 254 g/mol. The number of rotatable bonds is 4. The third-order valence-electron chi connectivity index (χ3n) is 3.27. The van der Waals surface area contributed by atoms with E-state index in [2.05, 4.69) is 15.5 Å². The first kappa shape index (κ1) is 12.6. The molecule has 5 nitrogen and oxygen atoms in total. The third-order valence-corrected chi connectivity index (χ3v) is 3.27. The molecule has 5 heteroatoms. The van der Waals surface area contributed by atoms with Crippen LogP contribution in [-0.2, 0) is 0 Å². The number of nitrogens with one attached hydrogen (secondary N) is 1. The lowest BCUT2D eigenvalue weighted by molar-refractivity contribution is 0.102. The molecule has 2 aromatic rings. The number of nitrogens with zero attached hydrogens (tertiary/aromatic N) is 2. The van der Waals surface area contributed by atoms with Gasteiger partial charge in [0, 0.05) is 5.92 Å². The van der Waals surface area contributed by atoms with Crippen molar-refractivity contribution in [3.05, 3.63) is 47.8 Å². The van der Waals surface area contributed by atoms with Crippen LogP contribution in [-0.4, -0.2) is 23.2 Å². The lowest BCUT2D eigenvalue weighted by atomic mass is 10.2. The van der Waals surface area contributed by atoms with Crippen molar-refractivity contribution in [2.45, 2.75) is 18.8 Å². The van der Waals surface area contributed by atoms with Gasteiger partial charge in [0.1, 0.15) is 5.75 Å². The Morgan fingerprint density at radius 2 is 2.00 bits per heavy atom. The van der Waals surface area contributed by atoms with Crippen LogP contribution in [0.1, 0.15) is 34.9 Å². The smallest absolute Gasteiger partial charge is 0.276 e. The number of methoxy groups -OCH3 is 1. The van der Waals surface area contributed by atoms with Crippen LogP contribution in [0.2, 0.25) is 0 Å². The largest absolute Gasteiger partial charge is 0.495 e. The van der Waals surface area contributed by atoms with Crippen LogP contribution in [0.15, 0.2) is 36.4 Å². The zero-order valence-electron chi connectivity index (χ0n) is 11.2. The monoisotopic (exact) mass is 269 g/mol. The average molecular weight is 269 g/mol. The molecule has 1 aliphatic carbocycles.